The first-order valence-electron chi connectivity index (χ1n) is 15.0. The summed E-state index contributed by atoms with van der Waals surface area (Å²) in [5.74, 6) is -2.62. The van der Waals surface area contributed by atoms with Crippen LogP contribution in [0.4, 0.5) is 4.79 Å². The van der Waals surface area contributed by atoms with Gasteiger partial charge < -0.3 is 42.6 Å². The third kappa shape index (κ3) is 12.0. The molecule has 46 heavy (non-hydrogen) atoms. The third-order valence-corrected chi connectivity index (χ3v) is 6.67. The molecule has 2 aliphatic heterocycles. The smallest absolute Gasteiger partial charge is 0.432 e. The molecule has 3 rings (SSSR count). The summed E-state index contributed by atoms with van der Waals surface area (Å²) >= 11 is 0. The predicted octanol–water partition coefficient (Wildman–Crippen LogP) is 0.657. The molecule has 1 unspecified atom stereocenters. The largest absolute Gasteiger partial charge is 0.510 e. The minimum atomic E-state index is -1.18. The molecule has 0 bridgehead atoms. The highest BCUT2D eigenvalue weighted by atomic mass is 16.7. The number of likely N-dealkylation sites (tertiary alicyclic amines) is 1. The van der Waals surface area contributed by atoms with Gasteiger partial charge in [-0.3, -0.25) is 24.1 Å². The number of imide groups is 2. The number of hydrogen-bond donors (Lipinski definition) is 0. The Morgan fingerprint density at radius 3 is 1.54 bits per heavy atom. The van der Waals surface area contributed by atoms with E-state index in [1.165, 1.54) is 12.1 Å². The van der Waals surface area contributed by atoms with Crippen LogP contribution in [-0.4, -0.2) is 152 Å². The van der Waals surface area contributed by atoms with Crippen LogP contribution in [0.2, 0.25) is 0 Å². The molecule has 1 fully saturated rings. The van der Waals surface area contributed by atoms with Crippen LogP contribution in [0.5, 0.6) is 0 Å². The number of nitrogens with zero attached hydrogens (tertiary/aromatic N) is 2. The molecule has 0 spiro atoms. The van der Waals surface area contributed by atoms with E-state index in [1.807, 2.05) is 0 Å². The van der Waals surface area contributed by atoms with Crippen molar-refractivity contribution in [3.8, 4) is 0 Å². The fraction of sp³-hybridized carbons (Fsp3) is 0.633. The molecule has 16 nitrogen and oxygen atoms in total. The monoisotopic (exact) mass is 654 g/mol. The Labute approximate surface area is 267 Å². The molecule has 0 aliphatic carbocycles. The van der Waals surface area contributed by atoms with E-state index in [4.69, 9.17) is 42.6 Å². The number of carbonyl (C=O) groups is 5. The van der Waals surface area contributed by atoms with Crippen LogP contribution >= 0.6 is 0 Å². The van der Waals surface area contributed by atoms with Crippen LogP contribution in [0.3, 0.4) is 0 Å². The van der Waals surface area contributed by atoms with Gasteiger partial charge in [0.25, 0.3) is 17.7 Å². The molecule has 1 atom stereocenters. The minimum absolute atomic E-state index is 0.0165. The highest BCUT2D eigenvalue weighted by Gasteiger charge is 2.47. The first-order chi connectivity index (χ1) is 22.5. The number of piperidine rings is 1. The lowest BCUT2D eigenvalue weighted by atomic mass is 10.0. The van der Waals surface area contributed by atoms with Crippen LogP contribution in [0.25, 0.3) is 0 Å². The minimum Gasteiger partial charge on any atom is -0.432 e. The molecule has 256 valence electrons. The summed E-state index contributed by atoms with van der Waals surface area (Å²) in [4.78, 5) is 64.4. The molecule has 16 heteroatoms. The lowest BCUT2D eigenvalue weighted by molar-refractivity contribution is -0.156. The number of carbonyl (C=O) groups excluding carboxylic acids is 5. The van der Waals surface area contributed by atoms with E-state index in [0.717, 1.165) is 4.90 Å². The number of benzene rings is 1. The van der Waals surface area contributed by atoms with Crippen molar-refractivity contribution in [2.75, 3.05) is 106 Å². The summed E-state index contributed by atoms with van der Waals surface area (Å²) in [6, 6.07) is 5.05. The van der Waals surface area contributed by atoms with Gasteiger partial charge in [-0.2, -0.15) is 0 Å². The van der Waals surface area contributed by atoms with E-state index < -0.39 is 42.6 Å². The van der Waals surface area contributed by atoms with Crippen molar-refractivity contribution >= 4 is 29.8 Å². The van der Waals surface area contributed by atoms with Gasteiger partial charge in [0.05, 0.1) is 97.0 Å². The van der Waals surface area contributed by atoms with E-state index in [0.29, 0.717) is 77.6 Å². The molecule has 0 saturated carbocycles. The van der Waals surface area contributed by atoms with Crippen LogP contribution < -0.4 is 0 Å². The van der Waals surface area contributed by atoms with Crippen molar-refractivity contribution in [3.05, 3.63) is 35.4 Å². The summed E-state index contributed by atoms with van der Waals surface area (Å²) in [5.41, 5.74) is 0.386. The zero-order chi connectivity index (χ0) is 33.0. The number of methoxy groups -OCH3 is 1. The SMILES string of the molecule is COCCOCCOCCOCCOCCOCCOCCOC(=O)OCN1C(=O)CCC(N2C(=O)c3ccccc3C2=O)C1=O. The zero-order valence-electron chi connectivity index (χ0n) is 26.0. The highest BCUT2D eigenvalue weighted by Crippen LogP contribution is 2.29. The van der Waals surface area contributed by atoms with E-state index in [9.17, 15) is 24.0 Å². The Balaban J connectivity index is 1.14. The first kappa shape index (κ1) is 37.0. The lowest BCUT2D eigenvalue weighted by Gasteiger charge is -2.33. The van der Waals surface area contributed by atoms with Crippen LogP contribution in [0.15, 0.2) is 24.3 Å². The Hall–Kier alpha value is -3.51. The Kier molecular flexibility index (Phi) is 17.1. The van der Waals surface area contributed by atoms with E-state index in [2.05, 4.69) is 0 Å². The van der Waals surface area contributed by atoms with Gasteiger partial charge >= 0.3 is 6.16 Å². The maximum absolute atomic E-state index is 13.0. The van der Waals surface area contributed by atoms with Crippen LogP contribution in [0.1, 0.15) is 33.6 Å². The third-order valence-electron chi connectivity index (χ3n) is 6.67. The van der Waals surface area contributed by atoms with Gasteiger partial charge in [0.2, 0.25) is 5.91 Å². The fourth-order valence-electron chi connectivity index (χ4n) is 4.37. The van der Waals surface area contributed by atoms with Gasteiger partial charge in [0.15, 0.2) is 6.73 Å². The molecule has 4 amide bonds. The maximum Gasteiger partial charge on any atom is 0.510 e. The normalized spacial score (nSPS) is 16.3. The van der Waals surface area contributed by atoms with Gasteiger partial charge in [-0.1, -0.05) is 12.1 Å². The topological polar surface area (TPSA) is 175 Å². The Morgan fingerprint density at radius 1 is 0.652 bits per heavy atom. The van der Waals surface area contributed by atoms with Gasteiger partial charge in [-0.25, -0.2) is 9.69 Å². The zero-order valence-corrected chi connectivity index (χ0v) is 26.0. The fourth-order valence-corrected chi connectivity index (χ4v) is 4.37. The summed E-state index contributed by atoms with van der Waals surface area (Å²) in [5, 5.41) is 0. The van der Waals surface area contributed by atoms with Gasteiger partial charge in [0, 0.05) is 13.5 Å². The summed E-state index contributed by atoms with van der Waals surface area (Å²) < 4.78 is 46.9. The number of fused-ring (bicyclic) bond motifs is 1. The lowest BCUT2D eigenvalue weighted by Crippen LogP contribution is -2.56. The molecule has 1 saturated heterocycles. The molecule has 1 aromatic carbocycles. The first-order valence-corrected chi connectivity index (χ1v) is 15.0. The number of rotatable bonds is 24. The second-order valence-electron chi connectivity index (χ2n) is 9.78. The maximum atomic E-state index is 13.0. The van der Waals surface area contributed by atoms with Gasteiger partial charge in [-0.05, 0) is 18.6 Å². The van der Waals surface area contributed by atoms with Crippen LogP contribution in [-0.2, 0) is 52.2 Å². The van der Waals surface area contributed by atoms with Crippen LogP contribution in [0, 0.1) is 0 Å². The van der Waals surface area contributed by atoms with Crippen molar-refractivity contribution in [3.63, 3.8) is 0 Å². The van der Waals surface area contributed by atoms with E-state index in [-0.39, 0.29) is 43.8 Å². The molecular weight excluding hydrogens is 612 g/mol. The Bertz CT molecular complexity index is 1100. The van der Waals surface area contributed by atoms with Crippen molar-refractivity contribution < 1.29 is 66.6 Å². The quantitative estimate of drug-likeness (QED) is 0.0863. The van der Waals surface area contributed by atoms with Crippen molar-refractivity contribution in [2.45, 2.75) is 18.9 Å². The number of ether oxygens (including phenoxy) is 9. The van der Waals surface area contributed by atoms with Crippen molar-refractivity contribution in [1.29, 1.82) is 0 Å². The predicted molar refractivity (Wildman–Crippen MR) is 156 cm³/mol. The van der Waals surface area contributed by atoms with Gasteiger partial charge in [0.1, 0.15) is 12.6 Å². The molecule has 0 aromatic heterocycles. The second-order valence-corrected chi connectivity index (χ2v) is 9.78. The molecule has 0 N–H and O–H groups in total. The standard InChI is InChI=1S/C30H42N2O14/c1-38-8-9-39-10-11-40-12-13-41-14-15-42-16-17-43-18-19-44-20-21-45-30(37)46-22-31-26(33)7-6-25(29(31)36)32-27(34)23-4-2-3-5-24(23)28(32)35/h2-5,25H,6-22H2,1H3. The molecular formula is C30H42N2O14. The van der Waals surface area contributed by atoms with E-state index >= 15 is 0 Å². The summed E-state index contributed by atoms with van der Waals surface area (Å²) in [7, 11) is 1.62. The Morgan fingerprint density at radius 2 is 1.09 bits per heavy atom. The molecule has 1 aromatic rings. The summed E-state index contributed by atoms with van der Waals surface area (Å²) in [6.45, 7) is 4.52. The molecule has 2 aliphatic rings. The number of hydrogen-bond acceptors (Lipinski definition) is 14. The van der Waals surface area contributed by atoms with E-state index in [1.54, 1.807) is 19.2 Å². The van der Waals surface area contributed by atoms with Crippen molar-refractivity contribution in [2.24, 2.45) is 0 Å². The number of amides is 4. The average Bonchev–Trinajstić information content (AvgIpc) is 3.30. The van der Waals surface area contributed by atoms with Gasteiger partial charge in [-0.15, -0.1) is 0 Å². The molecule has 0 radical (unpaired) electrons. The van der Waals surface area contributed by atoms with Crippen molar-refractivity contribution in [1.82, 2.24) is 9.80 Å². The summed E-state index contributed by atoms with van der Waals surface area (Å²) in [6.07, 6.45) is -1.24. The highest BCUT2D eigenvalue weighted by molar-refractivity contribution is 6.23. The molecule has 2 heterocycles. The average molecular weight is 655 g/mol. The second kappa shape index (κ2) is 21.3.